The third-order valence-corrected chi connectivity index (χ3v) is 5.20. The van der Waals surface area contributed by atoms with Crippen LogP contribution in [0.4, 0.5) is 0 Å². The van der Waals surface area contributed by atoms with Crippen molar-refractivity contribution in [1.82, 2.24) is 5.32 Å². The van der Waals surface area contributed by atoms with E-state index in [0.717, 1.165) is 33.5 Å². The van der Waals surface area contributed by atoms with E-state index in [4.69, 9.17) is 0 Å². The highest BCUT2D eigenvalue weighted by Crippen LogP contribution is 2.27. The molecule has 0 saturated heterocycles. The van der Waals surface area contributed by atoms with Gasteiger partial charge in [-0.2, -0.15) is 0 Å². The van der Waals surface area contributed by atoms with Crippen molar-refractivity contribution in [3.8, 4) is 0 Å². The average molecular weight is 318 g/mol. The van der Waals surface area contributed by atoms with Crippen molar-refractivity contribution in [3.63, 3.8) is 0 Å². The van der Waals surface area contributed by atoms with Gasteiger partial charge in [-0.1, -0.05) is 0 Å². The number of rotatable bonds is 2. The quantitative estimate of drug-likeness (QED) is 0.881. The number of hydrogen-bond acceptors (Lipinski definition) is 3. The number of aliphatic hydroxyl groups is 1. The smallest absolute Gasteiger partial charge is 0.261 e. The highest BCUT2D eigenvalue weighted by Gasteiger charge is 2.22. The molecule has 2 N–H and O–H groups in total. The van der Waals surface area contributed by atoms with Gasteiger partial charge in [0, 0.05) is 6.04 Å². The molecule has 3 nitrogen and oxygen atoms in total. The van der Waals surface area contributed by atoms with Crippen LogP contribution in [0, 0.1) is 6.92 Å². The summed E-state index contributed by atoms with van der Waals surface area (Å²) in [7, 11) is 0. The van der Waals surface area contributed by atoms with Crippen molar-refractivity contribution in [2.75, 3.05) is 0 Å². The molecule has 1 amide bonds. The molecule has 1 aromatic rings. The first-order chi connectivity index (χ1) is 8.06. The van der Waals surface area contributed by atoms with Gasteiger partial charge in [0.2, 0.25) is 0 Å². The topological polar surface area (TPSA) is 49.3 Å². The van der Waals surface area contributed by atoms with E-state index < -0.39 is 0 Å². The Labute approximate surface area is 113 Å². The van der Waals surface area contributed by atoms with Crippen LogP contribution in [0.5, 0.6) is 0 Å². The highest BCUT2D eigenvalue weighted by molar-refractivity contribution is 9.11. The van der Waals surface area contributed by atoms with E-state index in [0.29, 0.717) is 6.42 Å². The van der Waals surface area contributed by atoms with E-state index in [9.17, 15) is 9.90 Å². The summed E-state index contributed by atoms with van der Waals surface area (Å²) in [4.78, 5) is 12.7. The highest BCUT2D eigenvalue weighted by atomic mass is 79.9. The van der Waals surface area contributed by atoms with Gasteiger partial charge >= 0.3 is 0 Å². The first-order valence-electron chi connectivity index (χ1n) is 5.81. The van der Waals surface area contributed by atoms with Gasteiger partial charge in [0.05, 0.1) is 14.8 Å². The van der Waals surface area contributed by atoms with Gasteiger partial charge in [-0.25, -0.2) is 0 Å². The summed E-state index contributed by atoms with van der Waals surface area (Å²) in [5.74, 6) is -0.0251. The Bertz CT molecular complexity index is 399. The minimum Gasteiger partial charge on any atom is -0.393 e. The van der Waals surface area contributed by atoms with E-state index in [-0.39, 0.29) is 18.1 Å². The predicted molar refractivity (Wildman–Crippen MR) is 72.5 cm³/mol. The average Bonchev–Trinajstić information content (AvgIpc) is 2.59. The van der Waals surface area contributed by atoms with Gasteiger partial charge < -0.3 is 10.4 Å². The lowest BCUT2D eigenvalue weighted by molar-refractivity contribution is 0.0853. The number of aryl methyl sites for hydroxylation is 1. The summed E-state index contributed by atoms with van der Waals surface area (Å²) in [5, 5.41) is 12.6. The Kier molecular flexibility index (Phi) is 4.22. The Hall–Kier alpha value is -0.390. The fraction of sp³-hybridized carbons (Fsp3) is 0.583. The Morgan fingerprint density at radius 3 is 2.94 bits per heavy atom. The van der Waals surface area contributed by atoms with Gasteiger partial charge in [-0.3, -0.25) is 4.79 Å². The molecule has 2 atom stereocenters. The number of halogens is 1. The zero-order chi connectivity index (χ0) is 12.4. The SMILES string of the molecule is Cc1cc(C(=O)NC2CCCC(O)C2)sc1Br. The summed E-state index contributed by atoms with van der Waals surface area (Å²) < 4.78 is 1.01. The van der Waals surface area contributed by atoms with Gasteiger partial charge in [0.1, 0.15) is 0 Å². The first-order valence-corrected chi connectivity index (χ1v) is 7.42. The third kappa shape index (κ3) is 3.30. The first kappa shape index (κ1) is 13.1. The number of carbonyl (C=O) groups is 1. The lowest BCUT2D eigenvalue weighted by Crippen LogP contribution is -2.39. The van der Waals surface area contributed by atoms with Crippen LogP contribution in [0.25, 0.3) is 0 Å². The standard InChI is InChI=1S/C12H16BrNO2S/c1-7-5-10(17-11(7)13)12(16)14-8-3-2-4-9(15)6-8/h5,8-9,15H,2-4,6H2,1H3,(H,14,16). The fourth-order valence-electron chi connectivity index (χ4n) is 2.12. The lowest BCUT2D eigenvalue weighted by atomic mass is 9.93. The summed E-state index contributed by atoms with van der Waals surface area (Å²) in [5.41, 5.74) is 1.09. The molecule has 2 unspecified atom stereocenters. The Morgan fingerprint density at radius 2 is 2.35 bits per heavy atom. The van der Waals surface area contributed by atoms with Crippen molar-refractivity contribution in [2.45, 2.75) is 44.8 Å². The van der Waals surface area contributed by atoms with Crippen LogP contribution in [-0.4, -0.2) is 23.2 Å². The molecule has 1 fully saturated rings. The number of hydrogen-bond donors (Lipinski definition) is 2. The normalized spacial score (nSPS) is 24.6. The second kappa shape index (κ2) is 5.50. The van der Waals surface area contributed by atoms with Crippen LogP contribution >= 0.6 is 27.3 Å². The van der Waals surface area contributed by atoms with Crippen molar-refractivity contribution >= 4 is 33.2 Å². The van der Waals surface area contributed by atoms with Gasteiger partial charge in [-0.15, -0.1) is 11.3 Å². The number of carbonyl (C=O) groups excluding carboxylic acids is 1. The molecule has 17 heavy (non-hydrogen) atoms. The molecule has 2 rings (SSSR count). The van der Waals surface area contributed by atoms with Crippen molar-refractivity contribution in [2.24, 2.45) is 0 Å². The maximum absolute atomic E-state index is 12.0. The molecular formula is C12H16BrNO2S. The summed E-state index contributed by atoms with van der Waals surface area (Å²) in [6.07, 6.45) is 3.23. The summed E-state index contributed by atoms with van der Waals surface area (Å²) in [6.45, 7) is 1.97. The molecule has 94 valence electrons. The molecule has 1 aliphatic carbocycles. The summed E-state index contributed by atoms with van der Waals surface area (Å²) in [6, 6.07) is 2.01. The zero-order valence-electron chi connectivity index (χ0n) is 9.70. The molecule has 0 spiro atoms. The Morgan fingerprint density at radius 1 is 1.59 bits per heavy atom. The van der Waals surface area contributed by atoms with Crippen molar-refractivity contribution in [1.29, 1.82) is 0 Å². The van der Waals surface area contributed by atoms with E-state index in [1.165, 1.54) is 11.3 Å². The second-order valence-corrected chi connectivity index (χ2v) is 6.93. The number of amides is 1. The van der Waals surface area contributed by atoms with Crippen LogP contribution in [0.15, 0.2) is 9.85 Å². The minimum absolute atomic E-state index is 0.0251. The molecule has 0 bridgehead atoms. The Balaban J connectivity index is 1.96. The molecule has 5 heteroatoms. The number of nitrogens with one attached hydrogen (secondary N) is 1. The molecule has 1 saturated carbocycles. The molecule has 0 aromatic carbocycles. The molecule has 0 aliphatic heterocycles. The van der Waals surface area contributed by atoms with Crippen LogP contribution in [0.1, 0.15) is 40.9 Å². The van der Waals surface area contributed by atoms with Crippen LogP contribution in [-0.2, 0) is 0 Å². The second-order valence-electron chi connectivity index (χ2n) is 4.56. The van der Waals surface area contributed by atoms with Crippen molar-refractivity contribution in [3.05, 3.63) is 20.3 Å². The summed E-state index contributed by atoms with van der Waals surface area (Å²) >= 11 is 4.87. The van der Waals surface area contributed by atoms with Crippen molar-refractivity contribution < 1.29 is 9.90 Å². The molecule has 1 aromatic heterocycles. The molecule has 1 aliphatic rings. The maximum Gasteiger partial charge on any atom is 0.261 e. The zero-order valence-corrected chi connectivity index (χ0v) is 12.1. The lowest BCUT2D eigenvalue weighted by Gasteiger charge is -2.26. The van der Waals surface area contributed by atoms with Crippen LogP contribution < -0.4 is 5.32 Å². The predicted octanol–water partition coefficient (Wildman–Crippen LogP) is 2.85. The number of aliphatic hydroxyl groups excluding tert-OH is 1. The van der Waals surface area contributed by atoms with Gasteiger partial charge in [-0.05, 0) is 60.2 Å². The minimum atomic E-state index is -0.258. The van der Waals surface area contributed by atoms with E-state index in [1.54, 1.807) is 0 Å². The fourth-order valence-corrected chi connectivity index (χ4v) is 3.56. The largest absolute Gasteiger partial charge is 0.393 e. The maximum atomic E-state index is 12.0. The molecule has 0 radical (unpaired) electrons. The van der Waals surface area contributed by atoms with Crippen LogP contribution in [0.2, 0.25) is 0 Å². The van der Waals surface area contributed by atoms with E-state index in [2.05, 4.69) is 21.2 Å². The molecule has 1 heterocycles. The third-order valence-electron chi connectivity index (χ3n) is 3.06. The van der Waals surface area contributed by atoms with Gasteiger partial charge in [0.25, 0.3) is 5.91 Å². The van der Waals surface area contributed by atoms with E-state index >= 15 is 0 Å². The monoisotopic (exact) mass is 317 g/mol. The van der Waals surface area contributed by atoms with Gasteiger partial charge in [0.15, 0.2) is 0 Å². The molecular weight excluding hydrogens is 302 g/mol. The van der Waals surface area contributed by atoms with E-state index in [1.807, 2.05) is 13.0 Å². The number of thiophene rings is 1. The van der Waals surface area contributed by atoms with Crippen LogP contribution in [0.3, 0.4) is 0 Å².